The smallest absolute Gasteiger partial charge is 0.263 e. The molecule has 1 aliphatic rings. The van der Waals surface area contributed by atoms with Crippen molar-refractivity contribution in [1.29, 1.82) is 0 Å². The Balaban J connectivity index is 1.45. The normalized spacial score (nSPS) is 15.2. The van der Waals surface area contributed by atoms with Crippen LogP contribution >= 0.6 is 0 Å². The Morgan fingerprint density at radius 2 is 1.91 bits per heavy atom. The molecular weight excluding hydrogens is 435 g/mol. The molecule has 0 spiro atoms. The predicted molar refractivity (Wildman–Crippen MR) is 127 cm³/mol. The van der Waals surface area contributed by atoms with Gasteiger partial charge in [-0.1, -0.05) is 24.3 Å². The van der Waals surface area contributed by atoms with Gasteiger partial charge in [-0.05, 0) is 66.9 Å². The quantitative estimate of drug-likeness (QED) is 0.566. The van der Waals surface area contributed by atoms with Gasteiger partial charge in [0.2, 0.25) is 5.91 Å². The second-order valence-electron chi connectivity index (χ2n) is 8.30. The lowest BCUT2D eigenvalue weighted by molar-refractivity contribution is -0.137. The number of anilines is 1. The summed E-state index contributed by atoms with van der Waals surface area (Å²) in [6.45, 7) is 2.56. The van der Waals surface area contributed by atoms with Crippen molar-refractivity contribution >= 4 is 17.5 Å². The molecule has 0 fully saturated rings. The third kappa shape index (κ3) is 5.73. The topological polar surface area (TPSA) is 67.9 Å². The molecule has 0 saturated heterocycles. The Labute approximate surface area is 198 Å². The number of halogens is 1. The summed E-state index contributed by atoms with van der Waals surface area (Å²) in [5, 5.41) is 2.92. The lowest BCUT2D eigenvalue weighted by Gasteiger charge is -2.22. The van der Waals surface area contributed by atoms with E-state index in [-0.39, 0.29) is 24.1 Å². The first-order valence-electron chi connectivity index (χ1n) is 11.2. The largest absolute Gasteiger partial charge is 0.497 e. The van der Waals surface area contributed by atoms with Crippen LogP contribution in [0.15, 0.2) is 66.7 Å². The maximum Gasteiger partial charge on any atom is 0.263 e. The number of carbonyl (C=O) groups is 2. The SMILES string of the molecule is COc1cccc(CC(=O)Nc2ccc3c(c2)CN(CCc2ccc(F)cc2)C(=O)[C@H](C)O3)c1. The molecule has 0 aromatic heterocycles. The van der Waals surface area contributed by atoms with Crippen molar-refractivity contribution in [3.8, 4) is 11.5 Å². The molecule has 0 radical (unpaired) electrons. The highest BCUT2D eigenvalue weighted by Crippen LogP contribution is 2.29. The van der Waals surface area contributed by atoms with Crippen molar-refractivity contribution in [2.75, 3.05) is 19.0 Å². The first-order chi connectivity index (χ1) is 16.4. The van der Waals surface area contributed by atoms with E-state index in [0.29, 0.717) is 36.7 Å². The van der Waals surface area contributed by atoms with Crippen LogP contribution in [0.5, 0.6) is 11.5 Å². The highest BCUT2D eigenvalue weighted by Gasteiger charge is 2.27. The molecular formula is C27H27FN2O4. The number of amides is 2. The van der Waals surface area contributed by atoms with Crippen molar-refractivity contribution in [3.63, 3.8) is 0 Å². The molecule has 4 rings (SSSR count). The van der Waals surface area contributed by atoms with Gasteiger partial charge < -0.3 is 19.7 Å². The maximum absolute atomic E-state index is 13.2. The van der Waals surface area contributed by atoms with Crippen molar-refractivity contribution in [2.45, 2.75) is 32.4 Å². The molecule has 0 bridgehead atoms. The summed E-state index contributed by atoms with van der Waals surface area (Å²) in [5.41, 5.74) is 3.25. The van der Waals surface area contributed by atoms with Gasteiger partial charge in [-0.25, -0.2) is 4.39 Å². The number of rotatable bonds is 7. The van der Waals surface area contributed by atoms with E-state index < -0.39 is 6.10 Å². The summed E-state index contributed by atoms with van der Waals surface area (Å²) in [6, 6.07) is 19.1. The van der Waals surface area contributed by atoms with E-state index in [1.165, 1.54) is 12.1 Å². The highest BCUT2D eigenvalue weighted by molar-refractivity contribution is 5.92. The lowest BCUT2D eigenvalue weighted by atomic mass is 10.1. The number of nitrogens with one attached hydrogen (secondary N) is 1. The average Bonchev–Trinajstić information content (AvgIpc) is 2.94. The number of ether oxygens (including phenoxy) is 2. The fourth-order valence-corrected chi connectivity index (χ4v) is 3.95. The van der Waals surface area contributed by atoms with E-state index in [0.717, 1.165) is 16.7 Å². The summed E-state index contributed by atoms with van der Waals surface area (Å²) >= 11 is 0. The van der Waals surface area contributed by atoms with Crippen LogP contribution in [0.3, 0.4) is 0 Å². The van der Waals surface area contributed by atoms with Crippen molar-refractivity contribution in [3.05, 3.63) is 89.2 Å². The van der Waals surface area contributed by atoms with Gasteiger partial charge in [-0.15, -0.1) is 0 Å². The standard InChI is InChI=1S/C27H27FN2O4/c1-18-27(32)30(13-12-19-6-8-22(28)9-7-19)17-21-16-23(10-11-25(21)34-18)29-26(31)15-20-4-3-5-24(14-20)33-2/h3-11,14,16,18H,12-13,15,17H2,1-2H3,(H,29,31)/t18-/m0/s1. The summed E-state index contributed by atoms with van der Waals surface area (Å²) < 4.78 is 24.3. The first-order valence-corrected chi connectivity index (χ1v) is 11.2. The molecule has 1 aliphatic heterocycles. The molecule has 0 unspecified atom stereocenters. The second-order valence-corrected chi connectivity index (χ2v) is 8.30. The summed E-state index contributed by atoms with van der Waals surface area (Å²) in [4.78, 5) is 27.2. The minimum Gasteiger partial charge on any atom is -0.497 e. The number of hydrogen-bond donors (Lipinski definition) is 1. The van der Waals surface area contributed by atoms with E-state index in [2.05, 4.69) is 5.32 Å². The molecule has 34 heavy (non-hydrogen) atoms. The van der Waals surface area contributed by atoms with Crippen LogP contribution in [0.2, 0.25) is 0 Å². The van der Waals surface area contributed by atoms with E-state index in [4.69, 9.17) is 9.47 Å². The number of carbonyl (C=O) groups excluding carboxylic acids is 2. The molecule has 1 heterocycles. The minimum absolute atomic E-state index is 0.109. The fourth-order valence-electron chi connectivity index (χ4n) is 3.95. The van der Waals surface area contributed by atoms with Gasteiger partial charge in [0.15, 0.2) is 6.10 Å². The van der Waals surface area contributed by atoms with Crippen molar-refractivity contribution in [1.82, 2.24) is 4.90 Å². The van der Waals surface area contributed by atoms with Crippen molar-refractivity contribution in [2.24, 2.45) is 0 Å². The molecule has 3 aromatic carbocycles. The predicted octanol–water partition coefficient (Wildman–Crippen LogP) is 4.37. The molecule has 1 atom stereocenters. The van der Waals surface area contributed by atoms with Crippen LogP contribution in [-0.4, -0.2) is 36.5 Å². The molecule has 6 nitrogen and oxygen atoms in total. The zero-order valence-corrected chi connectivity index (χ0v) is 19.2. The fraction of sp³-hybridized carbons (Fsp3) is 0.259. The van der Waals surface area contributed by atoms with Gasteiger partial charge in [0.25, 0.3) is 5.91 Å². The Morgan fingerprint density at radius 3 is 2.68 bits per heavy atom. The van der Waals surface area contributed by atoms with Gasteiger partial charge in [0.1, 0.15) is 17.3 Å². The van der Waals surface area contributed by atoms with Crippen LogP contribution in [-0.2, 0) is 29.0 Å². The Bertz CT molecular complexity index is 1180. The lowest BCUT2D eigenvalue weighted by Crippen LogP contribution is -2.39. The zero-order valence-electron chi connectivity index (χ0n) is 19.2. The average molecular weight is 463 g/mol. The van der Waals surface area contributed by atoms with Gasteiger partial charge in [0, 0.05) is 24.3 Å². The van der Waals surface area contributed by atoms with E-state index in [1.54, 1.807) is 43.2 Å². The first kappa shape index (κ1) is 23.3. The number of nitrogens with zero attached hydrogens (tertiary/aromatic N) is 1. The molecule has 7 heteroatoms. The summed E-state index contributed by atoms with van der Waals surface area (Å²) in [7, 11) is 1.59. The van der Waals surface area contributed by atoms with Crippen LogP contribution in [0.25, 0.3) is 0 Å². The zero-order chi connectivity index (χ0) is 24.1. The van der Waals surface area contributed by atoms with E-state index in [1.807, 2.05) is 30.3 Å². The van der Waals surface area contributed by atoms with Crippen LogP contribution in [0.4, 0.5) is 10.1 Å². The molecule has 1 N–H and O–H groups in total. The maximum atomic E-state index is 13.2. The number of hydrogen-bond acceptors (Lipinski definition) is 4. The van der Waals surface area contributed by atoms with Gasteiger partial charge in [-0.2, -0.15) is 0 Å². The Kier molecular flexibility index (Phi) is 7.11. The third-order valence-corrected chi connectivity index (χ3v) is 5.75. The third-order valence-electron chi connectivity index (χ3n) is 5.75. The van der Waals surface area contributed by atoms with Gasteiger partial charge in [-0.3, -0.25) is 9.59 Å². The minimum atomic E-state index is -0.622. The van der Waals surface area contributed by atoms with Crippen LogP contribution in [0.1, 0.15) is 23.6 Å². The number of fused-ring (bicyclic) bond motifs is 1. The Hall–Kier alpha value is -3.87. The Morgan fingerprint density at radius 1 is 1.12 bits per heavy atom. The molecule has 3 aromatic rings. The van der Waals surface area contributed by atoms with Gasteiger partial charge >= 0.3 is 0 Å². The van der Waals surface area contributed by atoms with Gasteiger partial charge in [0.05, 0.1) is 13.5 Å². The molecule has 176 valence electrons. The van der Waals surface area contributed by atoms with Crippen LogP contribution in [0, 0.1) is 5.82 Å². The van der Waals surface area contributed by atoms with Crippen molar-refractivity contribution < 1.29 is 23.5 Å². The second kappa shape index (κ2) is 10.4. The van der Waals surface area contributed by atoms with E-state index in [9.17, 15) is 14.0 Å². The molecule has 0 aliphatic carbocycles. The summed E-state index contributed by atoms with van der Waals surface area (Å²) in [5.74, 6) is 0.775. The highest BCUT2D eigenvalue weighted by atomic mass is 19.1. The van der Waals surface area contributed by atoms with E-state index >= 15 is 0 Å². The molecule has 0 saturated carbocycles. The summed E-state index contributed by atoms with van der Waals surface area (Å²) in [6.07, 6.45) is 0.192. The monoisotopic (exact) mass is 462 g/mol. The number of benzene rings is 3. The number of methoxy groups -OCH3 is 1. The van der Waals surface area contributed by atoms with Crippen LogP contribution < -0.4 is 14.8 Å². The molecule has 2 amide bonds.